The Morgan fingerprint density at radius 1 is 1.29 bits per heavy atom. The van der Waals surface area contributed by atoms with Crippen LogP contribution in [0.5, 0.6) is 0 Å². The molecule has 1 aliphatic carbocycles. The molecule has 3 atom stereocenters. The van der Waals surface area contributed by atoms with Crippen LogP contribution in [0.2, 0.25) is 0 Å². The Labute approximate surface area is 144 Å². The van der Waals surface area contributed by atoms with Gasteiger partial charge in [0, 0.05) is 31.7 Å². The number of nitrogens with zero attached hydrogens (tertiary/aromatic N) is 2. The van der Waals surface area contributed by atoms with Crippen molar-refractivity contribution in [2.45, 2.75) is 50.4 Å². The summed E-state index contributed by atoms with van der Waals surface area (Å²) in [5.41, 5.74) is 1.25. The highest BCUT2D eigenvalue weighted by atomic mass is 16.3. The lowest BCUT2D eigenvalue weighted by atomic mass is 9.87. The molecule has 1 saturated heterocycles. The summed E-state index contributed by atoms with van der Waals surface area (Å²) in [5, 5.41) is 13.6. The zero-order chi connectivity index (χ0) is 16.9. The van der Waals surface area contributed by atoms with Gasteiger partial charge in [-0.3, -0.25) is 14.6 Å². The molecule has 0 aromatic heterocycles. The molecule has 2 fully saturated rings. The molecule has 0 spiro atoms. The van der Waals surface area contributed by atoms with E-state index in [4.69, 9.17) is 0 Å². The van der Waals surface area contributed by atoms with Crippen molar-refractivity contribution in [3.63, 3.8) is 0 Å². The van der Waals surface area contributed by atoms with Crippen LogP contribution in [0.4, 0.5) is 0 Å². The molecule has 132 valence electrons. The number of likely N-dealkylation sites (N-methyl/N-ethyl adjacent to an activating group) is 1. The van der Waals surface area contributed by atoms with Crippen LogP contribution in [0.1, 0.15) is 31.2 Å². The third-order valence-corrected chi connectivity index (χ3v) is 5.15. The first-order chi connectivity index (χ1) is 11.6. The summed E-state index contributed by atoms with van der Waals surface area (Å²) in [4.78, 5) is 16.3. The van der Waals surface area contributed by atoms with Crippen molar-refractivity contribution in [1.82, 2.24) is 15.1 Å². The summed E-state index contributed by atoms with van der Waals surface area (Å²) in [6.07, 6.45) is 4.16. The minimum Gasteiger partial charge on any atom is -0.390 e. The zero-order valence-electron chi connectivity index (χ0n) is 14.5. The Kier molecular flexibility index (Phi) is 5.87. The van der Waals surface area contributed by atoms with Crippen LogP contribution >= 0.6 is 0 Å². The number of rotatable bonds is 6. The van der Waals surface area contributed by atoms with Crippen molar-refractivity contribution in [3.8, 4) is 0 Å². The van der Waals surface area contributed by atoms with E-state index < -0.39 is 6.10 Å². The first kappa shape index (κ1) is 17.4. The van der Waals surface area contributed by atoms with Crippen molar-refractivity contribution in [2.75, 3.05) is 26.7 Å². The van der Waals surface area contributed by atoms with Gasteiger partial charge in [0.15, 0.2) is 0 Å². The Hall–Kier alpha value is -1.43. The van der Waals surface area contributed by atoms with E-state index in [0.717, 1.165) is 19.4 Å². The second kappa shape index (κ2) is 8.10. The minimum atomic E-state index is -0.438. The molecule has 2 N–H and O–H groups in total. The van der Waals surface area contributed by atoms with Gasteiger partial charge in [0.2, 0.25) is 5.91 Å². The van der Waals surface area contributed by atoms with Gasteiger partial charge < -0.3 is 10.4 Å². The van der Waals surface area contributed by atoms with Crippen LogP contribution in [-0.4, -0.2) is 65.7 Å². The number of benzene rings is 1. The maximum atomic E-state index is 11.9. The van der Waals surface area contributed by atoms with Gasteiger partial charge in [-0.15, -0.1) is 0 Å². The van der Waals surface area contributed by atoms with Crippen molar-refractivity contribution in [1.29, 1.82) is 0 Å². The van der Waals surface area contributed by atoms with Crippen LogP contribution in [-0.2, 0) is 11.3 Å². The summed E-state index contributed by atoms with van der Waals surface area (Å²) in [6, 6.07) is 11.0. The molecule has 1 saturated carbocycles. The van der Waals surface area contributed by atoms with Gasteiger partial charge in [-0.05, 0) is 25.5 Å². The minimum absolute atomic E-state index is 0.1000. The molecular weight excluding hydrogens is 302 g/mol. The topological polar surface area (TPSA) is 55.8 Å². The molecule has 1 heterocycles. The van der Waals surface area contributed by atoms with Crippen molar-refractivity contribution in [3.05, 3.63) is 35.9 Å². The summed E-state index contributed by atoms with van der Waals surface area (Å²) < 4.78 is 0. The number of nitrogens with one attached hydrogen (secondary N) is 1. The standard InChI is InChI=1S/C19H29N3O2/c1-21(11-15-7-3-2-4-8-15)12-16(23)13-22-14-19(24)20-17-9-5-6-10-18(17)22/h2-4,7-8,16-18,23H,5-6,9-14H2,1H3,(H,20,24). The van der Waals surface area contributed by atoms with Gasteiger partial charge in [0.05, 0.1) is 12.6 Å². The number of hydrogen-bond acceptors (Lipinski definition) is 4. The predicted octanol–water partition coefficient (Wildman–Crippen LogP) is 1.22. The molecule has 2 aliphatic rings. The van der Waals surface area contributed by atoms with Crippen molar-refractivity contribution in [2.24, 2.45) is 0 Å². The van der Waals surface area contributed by atoms with Crippen molar-refractivity contribution >= 4 is 5.91 Å². The maximum Gasteiger partial charge on any atom is 0.234 e. The molecule has 5 nitrogen and oxygen atoms in total. The van der Waals surface area contributed by atoms with Gasteiger partial charge in [-0.1, -0.05) is 43.2 Å². The Morgan fingerprint density at radius 3 is 2.83 bits per heavy atom. The van der Waals surface area contributed by atoms with E-state index in [1.54, 1.807) is 0 Å². The van der Waals surface area contributed by atoms with E-state index in [1.165, 1.54) is 18.4 Å². The van der Waals surface area contributed by atoms with E-state index in [2.05, 4.69) is 27.2 Å². The van der Waals surface area contributed by atoms with Gasteiger partial charge >= 0.3 is 0 Å². The number of carbonyl (C=O) groups is 1. The van der Waals surface area contributed by atoms with Gasteiger partial charge in [-0.2, -0.15) is 0 Å². The van der Waals surface area contributed by atoms with Crippen LogP contribution in [0.25, 0.3) is 0 Å². The van der Waals surface area contributed by atoms with Gasteiger partial charge in [0.1, 0.15) is 0 Å². The summed E-state index contributed by atoms with van der Waals surface area (Å²) in [7, 11) is 2.03. The van der Waals surface area contributed by atoms with E-state index in [0.29, 0.717) is 25.7 Å². The van der Waals surface area contributed by atoms with Crippen molar-refractivity contribution < 1.29 is 9.90 Å². The molecule has 0 bridgehead atoms. The average molecular weight is 331 g/mol. The molecule has 0 radical (unpaired) electrons. The number of hydrogen-bond donors (Lipinski definition) is 2. The third-order valence-electron chi connectivity index (χ3n) is 5.15. The summed E-state index contributed by atoms with van der Waals surface area (Å²) >= 11 is 0. The summed E-state index contributed by atoms with van der Waals surface area (Å²) in [6.45, 7) is 2.43. The molecule has 1 amide bonds. The fourth-order valence-electron chi connectivity index (χ4n) is 4.12. The number of β-amino-alcohol motifs (C(OH)–C–C–N with tert-alkyl or cyclic N) is 1. The lowest BCUT2D eigenvalue weighted by molar-refractivity contribution is -0.129. The third kappa shape index (κ3) is 4.56. The van der Waals surface area contributed by atoms with Gasteiger partial charge in [0.25, 0.3) is 0 Å². The van der Waals surface area contributed by atoms with Crippen LogP contribution in [0.3, 0.4) is 0 Å². The number of amides is 1. The van der Waals surface area contributed by atoms with Crippen LogP contribution in [0, 0.1) is 0 Å². The first-order valence-electron chi connectivity index (χ1n) is 9.06. The quantitative estimate of drug-likeness (QED) is 0.823. The lowest BCUT2D eigenvalue weighted by Crippen LogP contribution is -2.62. The second-order valence-electron chi connectivity index (χ2n) is 7.29. The highest BCUT2D eigenvalue weighted by Gasteiger charge is 2.36. The fourth-order valence-corrected chi connectivity index (χ4v) is 4.12. The predicted molar refractivity (Wildman–Crippen MR) is 94.5 cm³/mol. The lowest BCUT2D eigenvalue weighted by Gasteiger charge is -2.44. The first-order valence-corrected chi connectivity index (χ1v) is 9.06. The molecule has 1 aliphatic heterocycles. The number of aliphatic hydroxyl groups is 1. The van der Waals surface area contributed by atoms with E-state index in [9.17, 15) is 9.90 Å². The Morgan fingerprint density at radius 2 is 2.04 bits per heavy atom. The molecule has 5 heteroatoms. The highest BCUT2D eigenvalue weighted by molar-refractivity contribution is 5.79. The summed E-state index contributed by atoms with van der Waals surface area (Å²) in [5.74, 6) is 0.1000. The zero-order valence-corrected chi connectivity index (χ0v) is 14.5. The Bertz CT molecular complexity index is 537. The SMILES string of the molecule is CN(Cc1ccccc1)CC(O)CN1CC(=O)NC2CCCCC21. The molecule has 1 aromatic carbocycles. The van der Waals surface area contributed by atoms with Crippen LogP contribution < -0.4 is 5.32 Å². The maximum absolute atomic E-state index is 11.9. The van der Waals surface area contributed by atoms with Crippen LogP contribution in [0.15, 0.2) is 30.3 Å². The molecular formula is C19H29N3O2. The Balaban J connectivity index is 1.51. The van der Waals surface area contributed by atoms with E-state index in [1.807, 2.05) is 25.2 Å². The molecule has 1 aromatic rings. The highest BCUT2D eigenvalue weighted by Crippen LogP contribution is 2.25. The number of carbonyl (C=O) groups excluding carboxylic acids is 1. The van der Waals surface area contributed by atoms with E-state index >= 15 is 0 Å². The molecule has 24 heavy (non-hydrogen) atoms. The van der Waals surface area contributed by atoms with E-state index in [-0.39, 0.29) is 11.9 Å². The molecule has 3 rings (SSSR count). The number of fused-ring (bicyclic) bond motifs is 1. The monoisotopic (exact) mass is 331 g/mol. The smallest absolute Gasteiger partial charge is 0.234 e. The number of piperazine rings is 1. The fraction of sp³-hybridized carbons (Fsp3) is 0.632. The average Bonchev–Trinajstić information content (AvgIpc) is 2.55. The van der Waals surface area contributed by atoms with Gasteiger partial charge in [-0.25, -0.2) is 0 Å². The largest absolute Gasteiger partial charge is 0.390 e. The normalized spacial score (nSPS) is 26.0. The molecule has 3 unspecified atom stereocenters. The second-order valence-corrected chi connectivity index (χ2v) is 7.29. The number of aliphatic hydroxyl groups excluding tert-OH is 1.